The van der Waals surface area contributed by atoms with Crippen molar-refractivity contribution in [2.45, 2.75) is 45.2 Å². The summed E-state index contributed by atoms with van der Waals surface area (Å²) in [5.74, 6) is 1.28. The highest BCUT2D eigenvalue weighted by Gasteiger charge is 2.31. The summed E-state index contributed by atoms with van der Waals surface area (Å²) in [6, 6.07) is 22.0. The lowest BCUT2D eigenvalue weighted by molar-refractivity contribution is 0.0400. The lowest BCUT2D eigenvalue weighted by atomic mass is 10.1. The fourth-order valence-electron chi connectivity index (χ4n) is 4.41. The third-order valence-electron chi connectivity index (χ3n) is 6.55. The molecule has 0 radical (unpaired) electrons. The Hall–Kier alpha value is -4.08. The number of rotatable bonds is 12. The summed E-state index contributed by atoms with van der Waals surface area (Å²) in [5.41, 5.74) is 1.31. The molecule has 0 saturated carbocycles. The molecule has 3 aromatic rings. The van der Waals surface area contributed by atoms with Crippen LogP contribution in [0.3, 0.4) is 0 Å². The first-order chi connectivity index (χ1) is 19.1. The molecule has 2 unspecified atom stereocenters. The van der Waals surface area contributed by atoms with Gasteiger partial charge in [0.05, 0.1) is 5.56 Å². The Bertz CT molecular complexity index is 1300. The Labute approximate surface area is 235 Å². The van der Waals surface area contributed by atoms with Crippen LogP contribution in [-0.4, -0.2) is 66.5 Å². The minimum atomic E-state index is -0.766. The van der Waals surface area contributed by atoms with Gasteiger partial charge in [-0.2, -0.15) is 0 Å². The Morgan fingerprint density at radius 2 is 1.70 bits per heavy atom. The van der Waals surface area contributed by atoms with Gasteiger partial charge in [-0.15, -0.1) is 0 Å². The molecular weight excluding hydrogens is 510 g/mol. The molecule has 4 rings (SSSR count). The number of ether oxygens (including phenoxy) is 3. The minimum absolute atomic E-state index is 0.0678. The van der Waals surface area contributed by atoms with Crippen LogP contribution in [0.1, 0.15) is 47.1 Å². The van der Waals surface area contributed by atoms with E-state index in [9.17, 15) is 14.7 Å². The van der Waals surface area contributed by atoms with Crippen molar-refractivity contribution in [2.75, 3.05) is 26.8 Å². The first kappa shape index (κ1) is 28.9. The van der Waals surface area contributed by atoms with Crippen LogP contribution in [0.5, 0.6) is 17.2 Å². The molecule has 1 heterocycles. The van der Waals surface area contributed by atoms with Gasteiger partial charge in [0.15, 0.2) is 5.72 Å². The predicted octanol–water partition coefficient (Wildman–Crippen LogP) is 3.61. The third-order valence-corrected chi connectivity index (χ3v) is 6.55. The molecular formula is C31H37N3O6. The monoisotopic (exact) mass is 547 g/mol. The van der Waals surface area contributed by atoms with Gasteiger partial charge in [-0.3, -0.25) is 14.5 Å². The molecule has 1 aliphatic rings. The number of aliphatic hydroxyl groups is 1. The molecule has 0 bridgehead atoms. The van der Waals surface area contributed by atoms with Gasteiger partial charge in [0.25, 0.3) is 11.8 Å². The van der Waals surface area contributed by atoms with E-state index in [1.807, 2.05) is 37.3 Å². The second-order valence-corrected chi connectivity index (χ2v) is 10.4. The predicted molar refractivity (Wildman–Crippen MR) is 152 cm³/mol. The maximum absolute atomic E-state index is 12.5. The molecule has 2 amide bonds. The van der Waals surface area contributed by atoms with Gasteiger partial charge >= 0.3 is 0 Å². The number of amides is 2. The zero-order valence-electron chi connectivity index (χ0n) is 23.3. The van der Waals surface area contributed by atoms with Crippen molar-refractivity contribution in [1.82, 2.24) is 15.5 Å². The molecule has 40 heavy (non-hydrogen) atoms. The van der Waals surface area contributed by atoms with Crippen molar-refractivity contribution >= 4 is 11.8 Å². The number of fused-ring (bicyclic) bond motifs is 1. The molecule has 1 aliphatic heterocycles. The van der Waals surface area contributed by atoms with Crippen LogP contribution in [0.15, 0.2) is 72.8 Å². The average molecular weight is 548 g/mol. The zero-order valence-corrected chi connectivity index (χ0v) is 23.3. The number of carbonyl (C=O) groups excluding carboxylic acids is 2. The molecule has 9 heteroatoms. The van der Waals surface area contributed by atoms with Gasteiger partial charge < -0.3 is 30.0 Å². The van der Waals surface area contributed by atoms with Crippen LogP contribution in [0, 0.1) is 0 Å². The Kier molecular flexibility index (Phi) is 9.29. The Morgan fingerprint density at radius 1 is 1.02 bits per heavy atom. The molecule has 9 nitrogen and oxygen atoms in total. The van der Waals surface area contributed by atoms with Gasteiger partial charge in [-0.1, -0.05) is 30.3 Å². The SMILES string of the molecule is CNC(=O)c1ccc(OCC(O)CN(Cc2ccccc2)C(C)COc2ccc3c(c2)C(=O)NC(C)(C)O3)cc1. The second-order valence-electron chi connectivity index (χ2n) is 10.4. The average Bonchev–Trinajstić information content (AvgIpc) is 2.94. The van der Waals surface area contributed by atoms with Crippen LogP contribution in [0.25, 0.3) is 0 Å². The lowest BCUT2D eigenvalue weighted by Crippen LogP contribution is -2.51. The fraction of sp³-hybridized carbons (Fsp3) is 0.355. The topological polar surface area (TPSA) is 109 Å². The van der Waals surface area contributed by atoms with Gasteiger partial charge in [0.1, 0.15) is 36.6 Å². The van der Waals surface area contributed by atoms with E-state index in [1.54, 1.807) is 63.4 Å². The molecule has 2 atom stereocenters. The van der Waals surface area contributed by atoms with E-state index in [1.165, 1.54) is 0 Å². The summed E-state index contributed by atoms with van der Waals surface area (Å²) in [5, 5.41) is 16.3. The highest BCUT2D eigenvalue weighted by Crippen LogP contribution is 2.30. The van der Waals surface area contributed by atoms with E-state index >= 15 is 0 Å². The quantitative estimate of drug-likeness (QED) is 0.318. The van der Waals surface area contributed by atoms with E-state index in [0.29, 0.717) is 48.1 Å². The number of benzene rings is 3. The van der Waals surface area contributed by atoms with Crippen LogP contribution < -0.4 is 24.8 Å². The van der Waals surface area contributed by atoms with Gasteiger partial charge in [-0.05, 0) is 68.8 Å². The van der Waals surface area contributed by atoms with E-state index in [2.05, 4.69) is 15.5 Å². The van der Waals surface area contributed by atoms with Gasteiger partial charge in [0, 0.05) is 31.7 Å². The summed E-state index contributed by atoms with van der Waals surface area (Å²) < 4.78 is 17.7. The normalized spacial score (nSPS) is 15.3. The van der Waals surface area contributed by atoms with Crippen LogP contribution >= 0.6 is 0 Å². The van der Waals surface area contributed by atoms with Crippen molar-refractivity contribution < 1.29 is 28.9 Å². The number of hydrogen-bond donors (Lipinski definition) is 3. The molecule has 3 N–H and O–H groups in total. The minimum Gasteiger partial charge on any atom is -0.492 e. The van der Waals surface area contributed by atoms with E-state index in [-0.39, 0.29) is 24.5 Å². The summed E-state index contributed by atoms with van der Waals surface area (Å²) in [6.45, 7) is 7.02. The number of nitrogens with zero attached hydrogens (tertiary/aromatic N) is 1. The van der Waals surface area contributed by atoms with Crippen LogP contribution in [0.2, 0.25) is 0 Å². The van der Waals surface area contributed by atoms with Crippen molar-refractivity contribution in [3.63, 3.8) is 0 Å². The molecule has 212 valence electrons. The largest absolute Gasteiger partial charge is 0.492 e. The lowest BCUT2D eigenvalue weighted by Gasteiger charge is -2.33. The Balaban J connectivity index is 1.37. The number of carbonyl (C=O) groups is 2. The van der Waals surface area contributed by atoms with E-state index in [4.69, 9.17) is 14.2 Å². The first-order valence-electron chi connectivity index (χ1n) is 13.3. The summed E-state index contributed by atoms with van der Waals surface area (Å²) in [6.07, 6.45) is -0.766. The van der Waals surface area contributed by atoms with Crippen molar-refractivity contribution in [3.8, 4) is 17.2 Å². The van der Waals surface area contributed by atoms with E-state index in [0.717, 1.165) is 5.56 Å². The number of hydrogen-bond acceptors (Lipinski definition) is 7. The van der Waals surface area contributed by atoms with Crippen molar-refractivity contribution in [3.05, 3.63) is 89.5 Å². The molecule has 0 fully saturated rings. The maximum atomic E-state index is 12.5. The van der Waals surface area contributed by atoms with Gasteiger partial charge in [-0.25, -0.2) is 0 Å². The molecule has 0 saturated heterocycles. The first-order valence-corrected chi connectivity index (χ1v) is 13.3. The second kappa shape index (κ2) is 12.8. The van der Waals surface area contributed by atoms with Crippen LogP contribution in [-0.2, 0) is 6.54 Å². The third kappa shape index (κ3) is 7.74. The highest BCUT2D eigenvalue weighted by atomic mass is 16.5. The summed E-state index contributed by atoms with van der Waals surface area (Å²) in [7, 11) is 1.58. The molecule has 3 aromatic carbocycles. The number of nitrogens with one attached hydrogen (secondary N) is 2. The summed E-state index contributed by atoms with van der Waals surface area (Å²) >= 11 is 0. The van der Waals surface area contributed by atoms with Crippen molar-refractivity contribution in [2.24, 2.45) is 0 Å². The van der Waals surface area contributed by atoms with Gasteiger partial charge in [0.2, 0.25) is 0 Å². The molecule has 0 aromatic heterocycles. The van der Waals surface area contributed by atoms with E-state index < -0.39 is 11.8 Å². The number of aliphatic hydroxyl groups excluding tert-OH is 1. The zero-order chi connectivity index (χ0) is 28.7. The van der Waals surface area contributed by atoms with Crippen LogP contribution in [0.4, 0.5) is 0 Å². The fourth-order valence-corrected chi connectivity index (χ4v) is 4.41. The van der Waals surface area contributed by atoms with Crippen molar-refractivity contribution in [1.29, 1.82) is 0 Å². The maximum Gasteiger partial charge on any atom is 0.258 e. The highest BCUT2D eigenvalue weighted by molar-refractivity contribution is 5.98. The molecule has 0 spiro atoms. The molecule has 0 aliphatic carbocycles. The smallest absolute Gasteiger partial charge is 0.258 e. The Morgan fingerprint density at radius 3 is 2.40 bits per heavy atom. The summed E-state index contributed by atoms with van der Waals surface area (Å²) in [4.78, 5) is 26.4. The standard InChI is InChI=1S/C31H37N3O6/c1-21(19-38-26-14-15-28-27(16-26)30(37)33-31(2,3)40-28)34(17-22-8-6-5-7-9-22)18-24(35)20-39-25-12-10-23(11-13-25)29(36)32-4/h5-16,21,24,35H,17-20H2,1-4H3,(H,32,36)(H,33,37).